The lowest BCUT2D eigenvalue weighted by Crippen LogP contribution is -2.61. The standard InChI is InChI=1S/C17H33N3O/c1-4-19-17(16(18)21)11-5-6-15(12-17)20(3)14-9-7-13(2)8-10-14/h13-15,19H,4-12H2,1-3H3,(H2,18,21). The molecule has 0 heterocycles. The van der Waals surface area contributed by atoms with Gasteiger partial charge in [-0.05, 0) is 70.9 Å². The van der Waals surface area contributed by atoms with E-state index in [1.165, 1.54) is 32.1 Å². The number of carbonyl (C=O) groups excluding carboxylic acids is 1. The molecule has 2 aliphatic rings. The third-order valence-corrected chi connectivity index (χ3v) is 5.85. The van der Waals surface area contributed by atoms with E-state index >= 15 is 0 Å². The lowest BCUT2D eigenvalue weighted by atomic mass is 9.76. The number of hydrogen-bond acceptors (Lipinski definition) is 3. The summed E-state index contributed by atoms with van der Waals surface area (Å²) in [5.41, 5.74) is 5.25. The molecule has 2 rings (SSSR count). The van der Waals surface area contributed by atoms with Crippen LogP contribution in [-0.2, 0) is 4.79 Å². The maximum atomic E-state index is 12.0. The van der Waals surface area contributed by atoms with E-state index in [0.29, 0.717) is 12.1 Å². The molecular formula is C17H33N3O. The van der Waals surface area contributed by atoms with Gasteiger partial charge in [0.15, 0.2) is 0 Å². The van der Waals surface area contributed by atoms with Gasteiger partial charge in [0.25, 0.3) is 0 Å². The maximum absolute atomic E-state index is 12.0. The minimum atomic E-state index is -0.478. The number of rotatable bonds is 5. The van der Waals surface area contributed by atoms with Crippen molar-refractivity contribution in [3.63, 3.8) is 0 Å². The summed E-state index contributed by atoms with van der Waals surface area (Å²) in [6.45, 7) is 5.22. The summed E-state index contributed by atoms with van der Waals surface area (Å²) in [4.78, 5) is 14.6. The quantitative estimate of drug-likeness (QED) is 0.818. The highest BCUT2D eigenvalue weighted by Gasteiger charge is 2.42. The van der Waals surface area contributed by atoms with Crippen LogP contribution in [0.3, 0.4) is 0 Å². The van der Waals surface area contributed by atoms with E-state index < -0.39 is 5.54 Å². The average Bonchev–Trinajstić information content (AvgIpc) is 2.48. The fourth-order valence-corrected chi connectivity index (χ4v) is 4.35. The van der Waals surface area contributed by atoms with Crippen LogP contribution in [0.4, 0.5) is 0 Å². The summed E-state index contributed by atoms with van der Waals surface area (Å²) in [7, 11) is 2.26. The highest BCUT2D eigenvalue weighted by molar-refractivity contribution is 5.84. The number of nitrogens with two attached hydrogens (primary N) is 1. The van der Waals surface area contributed by atoms with Gasteiger partial charge < -0.3 is 16.0 Å². The second-order valence-corrected chi connectivity index (χ2v) is 7.31. The molecule has 0 aromatic rings. The van der Waals surface area contributed by atoms with Gasteiger partial charge in [0.05, 0.1) is 5.54 Å². The van der Waals surface area contributed by atoms with Crippen LogP contribution in [0.5, 0.6) is 0 Å². The third-order valence-electron chi connectivity index (χ3n) is 5.85. The van der Waals surface area contributed by atoms with Crippen LogP contribution in [0.1, 0.15) is 65.2 Å². The van der Waals surface area contributed by atoms with Crippen LogP contribution in [0, 0.1) is 5.92 Å². The van der Waals surface area contributed by atoms with Gasteiger partial charge in [-0.1, -0.05) is 13.8 Å². The van der Waals surface area contributed by atoms with Crippen molar-refractivity contribution < 1.29 is 4.79 Å². The van der Waals surface area contributed by atoms with Crippen molar-refractivity contribution in [1.29, 1.82) is 0 Å². The van der Waals surface area contributed by atoms with E-state index in [4.69, 9.17) is 5.73 Å². The highest BCUT2D eigenvalue weighted by Crippen LogP contribution is 2.34. The number of likely N-dealkylation sites (N-methyl/N-ethyl adjacent to an activating group) is 1. The molecule has 2 saturated carbocycles. The average molecular weight is 295 g/mol. The van der Waals surface area contributed by atoms with E-state index in [0.717, 1.165) is 31.7 Å². The summed E-state index contributed by atoms with van der Waals surface area (Å²) < 4.78 is 0. The first kappa shape index (κ1) is 16.8. The third kappa shape index (κ3) is 3.78. The number of amides is 1. The molecule has 0 bridgehead atoms. The summed E-state index contributed by atoms with van der Waals surface area (Å²) >= 11 is 0. The first-order valence-corrected chi connectivity index (χ1v) is 8.75. The first-order chi connectivity index (χ1) is 9.98. The molecule has 4 heteroatoms. The van der Waals surface area contributed by atoms with Crippen molar-refractivity contribution in [2.75, 3.05) is 13.6 Å². The van der Waals surface area contributed by atoms with Crippen LogP contribution in [0.2, 0.25) is 0 Å². The Morgan fingerprint density at radius 2 is 1.90 bits per heavy atom. The normalized spacial score (nSPS) is 37.6. The van der Waals surface area contributed by atoms with Gasteiger partial charge in [0, 0.05) is 12.1 Å². The van der Waals surface area contributed by atoms with Crippen LogP contribution in [0.15, 0.2) is 0 Å². The summed E-state index contributed by atoms with van der Waals surface area (Å²) in [5.74, 6) is 0.715. The Bertz CT molecular complexity index is 348. The molecule has 21 heavy (non-hydrogen) atoms. The lowest BCUT2D eigenvalue weighted by Gasteiger charge is -2.45. The number of nitrogens with one attached hydrogen (secondary N) is 1. The zero-order valence-corrected chi connectivity index (χ0v) is 14.0. The van der Waals surface area contributed by atoms with E-state index in [1.54, 1.807) is 0 Å². The van der Waals surface area contributed by atoms with Crippen molar-refractivity contribution in [3.8, 4) is 0 Å². The van der Waals surface area contributed by atoms with Gasteiger partial charge in [-0.25, -0.2) is 0 Å². The number of hydrogen-bond donors (Lipinski definition) is 2. The fraction of sp³-hybridized carbons (Fsp3) is 0.941. The highest BCUT2D eigenvalue weighted by atomic mass is 16.1. The van der Waals surface area contributed by atoms with Crippen LogP contribution in [0.25, 0.3) is 0 Å². The van der Waals surface area contributed by atoms with Crippen molar-refractivity contribution in [2.24, 2.45) is 11.7 Å². The molecule has 2 atom stereocenters. The molecule has 0 aromatic heterocycles. The molecule has 0 aromatic carbocycles. The van der Waals surface area contributed by atoms with Crippen molar-refractivity contribution in [2.45, 2.75) is 82.8 Å². The molecule has 0 spiro atoms. The Balaban J connectivity index is 2.00. The maximum Gasteiger partial charge on any atom is 0.237 e. The SMILES string of the molecule is CCNC1(C(N)=O)CCCC(N(C)C2CCC(C)CC2)C1. The van der Waals surface area contributed by atoms with Crippen LogP contribution in [-0.4, -0.2) is 42.0 Å². The van der Waals surface area contributed by atoms with Gasteiger partial charge in [-0.15, -0.1) is 0 Å². The van der Waals surface area contributed by atoms with Crippen molar-refractivity contribution in [3.05, 3.63) is 0 Å². The molecule has 0 saturated heterocycles. The predicted octanol–water partition coefficient (Wildman–Crippen LogP) is 2.27. The fourth-order valence-electron chi connectivity index (χ4n) is 4.35. The number of nitrogens with zero attached hydrogens (tertiary/aromatic N) is 1. The molecule has 122 valence electrons. The van der Waals surface area contributed by atoms with Crippen LogP contribution >= 0.6 is 0 Å². The summed E-state index contributed by atoms with van der Waals surface area (Å²) in [5, 5.41) is 3.39. The van der Waals surface area contributed by atoms with E-state index in [2.05, 4.69) is 31.1 Å². The second-order valence-electron chi connectivity index (χ2n) is 7.31. The zero-order valence-electron chi connectivity index (χ0n) is 14.0. The monoisotopic (exact) mass is 295 g/mol. The first-order valence-electron chi connectivity index (χ1n) is 8.75. The van der Waals surface area contributed by atoms with Gasteiger partial charge >= 0.3 is 0 Å². The number of primary amides is 1. The zero-order chi connectivity index (χ0) is 15.5. The Morgan fingerprint density at radius 3 is 2.48 bits per heavy atom. The molecule has 2 fully saturated rings. The Kier molecular flexibility index (Phi) is 5.67. The Morgan fingerprint density at radius 1 is 1.24 bits per heavy atom. The summed E-state index contributed by atoms with van der Waals surface area (Å²) in [6.07, 6.45) is 9.35. The predicted molar refractivity (Wildman–Crippen MR) is 87.0 cm³/mol. The molecule has 4 nitrogen and oxygen atoms in total. The van der Waals surface area contributed by atoms with Crippen LogP contribution < -0.4 is 11.1 Å². The van der Waals surface area contributed by atoms with E-state index in [9.17, 15) is 4.79 Å². The van der Waals surface area contributed by atoms with Gasteiger partial charge in [0.1, 0.15) is 0 Å². The minimum absolute atomic E-state index is 0.167. The lowest BCUT2D eigenvalue weighted by molar-refractivity contribution is -0.126. The van der Waals surface area contributed by atoms with Gasteiger partial charge in [-0.2, -0.15) is 0 Å². The van der Waals surface area contributed by atoms with Gasteiger partial charge in [-0.3, -0.25) is 4.79 Å². The second kappa shape index (κ2) is 7.10. The smallest absolute Gasteiger partial charge is 0.237 e. The van der Waals surface area contributed by atoms with Crippen molar-refractivity contribution in [1.82, 2.24) is 10.2 Å². The molecule has 3 N–H and O–H groups in total. The minimum Gasteiger partial charge on any atom is -0.368 e. The van der Waals surface area contributed by atoms with E-state index in [1.807, 2.05) is 0 Å². The van der Waals surface area contributed by atoms with E-state index in [-0.39, 0.29) is 5.91 Å². The molecule has 1 amide bonds. The Labute approximate surface area is 129 Å². The van der Waals surface area contributed by atoms with Crippen molar-refractivity contribution >= 4 is 5.91 Å². The molecule has 2 aliphatic carbocycles. The summed E-state index contributed by atoms with van der Waals surface area (Å²) in [6, 6.07) is 1.18. The molecule has 2 unspecified atom stereocenters. The molecule has 0 aliphatic heterocycles. The molecule has 0 radical (unpaired) electrons. The van der Waals surface area contributed by atoms with Gasteiger partial charge in [0.2, 0.25) is 5.91 Å². The Hall–Kier alpha value is -0.610. The molecular weight excluding hydrogens is 262 g/mol. The largest absolute Gasteiger partial charge is 0.368 e. The topological polar surface area (TPSA) is 58.4 Å². The number of carbonyl (C=O) groups is 1.